The van der Waals surface area contributed by atoms with E-state index in [0.29, 0.717) is 49.8 Å². The van der Waals surface area contributed by atoms with E-state index in [1.807, 2.05) is 29.8 Å². The van der Waals surface area contributed by atoms with Crippen LogP contribution < -0.4 is 9.64 Å². The maximum absolute atomic E-state index is 14.4. The van der Waals surface area contributed by atoms with Crippen molar-refractivity contribution in [1.29, 1.82) is 0 Å². The summed E-state index contributed by atoms with van der Waals surface area (Å²) in [4.78, 5) is 29.7. The number of ether oxygens (including phenoxy) is 2. The van der Waals surface area contributed by atoms with Gasteiger partial charge in [-0.3, -0.25) is 14.3 Å². The molecular weight excluding hydrogens is 661 g/mol. The van der Waals surface area contributed by atoms with Gasteiger partial charge in [-0.25, -0.2) is 4.21 Å². The molecule has 2 aromatic carbocycles. The molecule has 0 unspecified atom stereocenters. The number of aromatic nitrogens is 2. The maximum atomic E-state index is 14.4. The number of methoxy groups -OCH3 is 1. The molecule has 9 nitrogen and oxygen atoms in total. The van der Waals surface area contributed by atoms with E-state index in [9.17, 15) is 13.8 Å². The Morgan fingerprint density at radius 3 is 2.82 bits per heavy atom. The van der Waals surface area contributed by atoms with Crippen LogP contribution in [-0.2, 0) is 44.1 Å². The van der Waals surface area contributed by atoms with Crippen molar-refractivity contribution < 1.29 is 23.3 Å². The fourth-order valence-electron chi connectivity index (χ4n) is 8.80. The molecule has 5 atom stereocenters. The zero-order valence-electron chi connectivity index (χ0n) is 30.4. The zero-order chi connectivity index (χ0) is 35.6. The molecule has 0 N–H and O–H groups in total. The lowest BCUT2D eigenvalue weighted by Gasteiger charge is -2.46. The van der Waals surface area contributed by atoms with Crippen LogP contribution in [0.4, 0.5) is 5.69 Å². The van der Waals surface area contributed by atoms with Crippen molar-refractivity contribution in [2.24, 2.45) is 16.2 Å². The predicted octanol–water partition coefficient (Wildman–Crippen LogP) is 6.89. The normalized spacial score (nSPS) is 28.4. The van der Waals surface area contributed by atoms with Crippen molar-refractivity contribution in [1.82, 2.24) is 9.78 Å². The number of nitrogens with zero attached hydrogens (tertiary/aromatic N) is 4. The monoisotopic (exact) mass is 712 g/mol. The fraction of sp³-hybridized carbons (Fsp3) is 0.537. The number of allylic oxidation sites excluding steroid dienone is 1. The van der Waals surface area contributed by atoms with Crippen molar-refractivity contribution >= 4 is 27.1 Å². The Morgan fingerprint density at radius 1 is 1.14 bits per heavy atom. The van der Waals surface area contributed by atoms with Gasteiger partial charge in [0, 0.05) is 61.8 Å². The van der Waals surface area contributed by atoms with Crippen LogP contribution in [0.1, 0.15) is 84.6 Å². The number of carbonyl (C=O) groups excluding carboxylic acids is 2. The highest BCUT2D eigenvalue weighted by Gasteiger charge is 2.44. The highest BCUT2D eigenvalue weighted by Crippen LogP contribution is 2.47. The molecule has 1 fully saturated rings. The van der Waals surface area contributed by atoms with Crippen LogP contribution in [0, 0.1) is 18.8 Å². The second kappa shape index (κ2) is 15.1. The summed E-state index contributed by atoms with van der Waals surface area (Å²) >= 11 is 0. The van der Waals surface area contributed by atoms with Gasteiger partial charge in [-0.15, -0.1) is 0 Å². The van der Waals surface area contributed by atoms with E-state index in [1.165, 1.54) is 16.7 Å². The van der Waals surface area contributed by atoms with Gasteiger partial charge in [-0.05, 0) is 112 Å². The predicted molar refractivity (Wildman–Crippen MR) is 201 cm³/mol. The average molecular weight is 713 g/mol. The summed E-state index contributed by atoms with van der Waals surface area (Å²) in [5.41, 5.74) is 6.09. The van der Waals surface area contributed by atoms with Crippen LogP contribution in [0.15, 0.2) is 65.2 Å². The van der Waals surface area contributed by atoms with Crippen LogP contribution in [0.2, 0.25) is 0 Å². The van der Waals surface area contributed by atoms with Crippen molar-refractivity contribution in [3.8, 4) is 5.75 Å². The first-order valence-corrected chi connectivity index (χ1v) is 20.6. The average Bonchev–Trinajstić information content (AvgIpc) is 3.51. The van der Waals surface area contributed by atoms with Crippen LogP contribution >= 0.6 is 0 Å². The third-order valence-corrected chi connectivity index (χ3v) is 13.9. The summed E-state index contributed by atoms with van der Waals surface area (Å²) in [7, 11) is -1.37. The van der Waals surface area contributed by atoms with Gasteiger partial charge >= 0.3 is 0 Å². The highest BCUT2D eigenvalue weighted by atomic mass is 32.2. The molecule has 2 bridgehead atoms. The van der Waals surface area contributed by atoms with Crippen LogP contribution in [-0.4, -0.2) is 70.1 Å². The number of hydrogen-bond donors (Lipinski definition) is 0. The quantitative estimate of drug-likeness (QED) is 0.246. The molecule has 1 aromatic heterocycles. The van der Waals surface area contributed by atoms with Crippen LogP contribution in [0.5, 0.6) is 5.75 Å². The van der Waals surface area contributed by atoms with Gasteiger partial charge in [0.05, 0.1) is 33.9 Å². The van der Waals surface area contributed by atoms with Gasteiger partial charge in [0.1, 0.15) is 11.5 Å². The summed E-state index contributed by atoms with van der Waals surface area (Å²) in [5.74, 6) is 0.805. The Labute approximate surface area is 303 Å². The minimum Gasteiger partial charge on any atom is -0.490 e. The molecule has 272 valence electrons. The lowest BCUT2D eigenvalue weighted by molar-refractivity contribution is -0.116. The number of anilines is 1. The Morgan fingerprint density at radius 2 is 2.02 bits per heavy atom. The molecule has 51 heavy (non-hydrogen) atoms. The molecule has 0 saturated heterocycles. The van der Waals surface area contributed by atoms with E-state index in [0.717, 1.165) is 62.3 Å². The number of carbonyl (C=O) groups is 2. The standard InChI is InChI=1S/C41H52N4O5S/c1-4-45-33(19-21-42-45)14-15-34(46)26-51(48)22-7-5-6-10-38(49-3)35-16-12-32(35)25-44-27-41(20-8-9-30-23-29(2)11-17-36(30)41)28-50-39-18-13-31(24-37(39)44)40(47)43-51/h6,10-11,13,17-19,21,23-24,32,35,38H,4-5,7-9,12,14-16,20,22,25-28H2,1-3H3/b10-6+/t32-,35+,38-,41-,51+/m0/s1. The van der Waals surface area contributed by atoms with Crippen molar-refractivity contribution in [3.63, 3.8) is 0 Å². The molecule has 2 aliphatic carbocycles. The number of amides is 1. The smallest absolute Gasteiger partial charge is 0.285 e. The van der Waals surface area contributed by atoms with Gasteiger partial charge in [0.2, 0.25) is 0 Å². The van der Waals surface area contributed by atoms with Gasteiger partial charge < -0.3 is 14.4 Å². The van der Waals surface area contributed by atoms with E-state index in [2.05, 4.69) is 51.6 Å². The molecule has 1 saturated carbocycles. The lowest BCUT2D eigenvalue weighted by atomic mass is 9.68. The number of fused-ring (bicyclic) bond motifs is 4. The van der Waals surface area contributed by atoms with E-state index in [4.69, 9.17) is 9.47 Å². The van der Waals surface area contributed by atoms with Crippen molar-refractivity contribution in [3.05, 3.63) is 88.8 Å². The van der Waals surface area contributed by atoms with Crippen LogP contribution in [0.25, 0.3) is 0 Å². The van der Waals surface area contributed by atoms with Gasteiger partial charge in [-0.1, -0.05) is 35.9 Å². The maximum Gasteiger partial charge on any atom is 0.285 e. The number of Topliss-reactive ketones (excluding diaryl/α,β-unsaturated/α-hetero) is 1. The summed E-state index contributed by atoms with van der Waals surface area (Å²) in [6.07, 6.45) is 13.4. The Kier molecular flexibility index (Phi) is 10.5. The van der Waals surface area contributed by atoms with Crippen molar-refractivity contribution in [2.45, 2.75) is 89.7 Å². The first-order valence-electron chi connectivity index (χ1n) is 18.8. The second-order valence-corrected chi connectivity index (χ2v) is 17.5. The fourth-order valence-corrected chi connectivity index (χ4v) is 10.8. The van der Waals surface area contributed by atoms with E-state index < -0.39 is 15.6 Å². The molecular formula is C41H52N4O5S. The van der Waals surface area contributed by atoms with Crippen LogP contribution in [0.3, 0.4) is 0 Å². The Balaban J connectivity index is 1.23. The minimum atomic E-state index is -3.16. The first-order chi connectivity index (χ1) is 24.7. The highest BCUT2D eigenvalue weighted by molar-refractivity contribution is 7.94. The third-order valence-electron chi connectivity index (χ3n) is 11.7. The molecule has 3 heterocycles. The Hall–Kier alpha value is -3.76. The summed E-state index contributed by atoms with van der Waals surface area (Å²) < 4.78 is 33.4. The number of hydrogen-bond acceptors (Lipinski definition) is 7. The molecule has 1 amide bonds. The van der Waals surface area contributed by atoms with E-state index >= 15 is 0 Å². The number of aryl methyl sites for hydroxylation is 4. The zero-order valence-corrected chi connectivity index (χ0v) is 31.2. The molecule has 0 radical (unpaired) electrons. The first kappa shape index (κ1) is 35.6. The lowest BCUT2D eigenvalue weighted by Crippen LogP contribution is -2.49. The number of rotatable bonds is 7. The number of benzene rings is 2. The van der Waals surface area contributed by atoms with Gasteiger partial charge in [-0.2, -0.15) is 9.46 Å². The summed E-state index contributed by atoms with van der Waals surface area (Å²) in [6, 6.07) is 14.3. The molecule has 10 heteroatoms. The minimum absolute atomic E-state index is 0.00760. The van der Waals surface area contributed by atoms with Gasteiger partial charge in [0.25, 0.3) is 5.91 Å². The van der Waals surface area contributed by atoms with Crippen molar-refractivity contribution in [2.75, 3.05) is 43.2 Å². The molecule has 2 aliphatic heterocycles. The molecule has 7 rings (SSSR count). The largest absolute Gasteiger partial charge is 0.490 e. The topological polar surface area (TPSA) is 103 Å². The molecule has 1 spiro atoms. The number of ketones is 1. The summed E-state index contributed by atoms with van der Waals surface area (Å²) in [6.45, 7) is 7.06. The third kappa shape index (κ3) is 7.58. The molecule has 3 aromatic rings. The molecule has 4 aliphatic rings. The second-order valence-electron chi connectivity index (χ2n) is 15.1. The Bertz CT molecular complexity index is 1930. The van der Waals surface area contributed by atoms with E-state index in [1.54, 1.807) is 19.4 Å². The van der Waals surface area contributed by atoms with E-state index in [-0.39, 0.29) is 35.2 Å². The van der Waals surface area contributed by atoms with Gasteiger partial charge in [0.15, 0.2) is 0 Å². The SMILES string of the molecule is CCn1nccc1CCC(=O)C[S@@]1(=O)=NC(=O)c2ccc3c(c2)N(C[C@@H]2CC[C@H]2[C@@H](OC)/C=C/CCC1)C[C@@]1(CCCc2cc(C)ccc21)CO3. The summed E-state index contributed by atoms with van der Waals surface area (Å²) in [5, 5.41) is 4.30.